The monoisotopic (exact) mass is 331 g/mol. The number of carbonyl (C=O) groups excluding carboxylic acids is 1. The van der Waals surface area contributed by atoms with E-state index < -0.39 is 11.5 Å². The number of aliphatic carboxylic acids is 1. The van der Waals surface area contributed by atoms with Gasteiger partial charge in [-0.2, -0.15) is 16.9 Å². The highest BCUT2D eigenvalue weighted by atomic mass is 32.2. The molecule has 0 bridgehead atoms. The number of carbonyl (C=O) groups is 2. The summed E-state index contributed by atoms with van der Waals surface area (Å²) >= 11 is 1.71. The Morgan fingerprint density at radius 3 is 2.48 bits per heavy atom. The van der Waals surface area contributed by atoms with Gasteiger partial charge in [-0.15, -0.1) is 0 Å². The van der Waals surface area contributed by atoms with Crippen molar-refractivity contribution in [3.05, 3.63) is 48.3 Å². The summed E-state index contributed by atoms with van der Waals surface area (Å²) in [5.74, 6) is 0.168. The second kappa shape index (κ2) is 6.45. The summed E-state index contributed by atoms with van der Waals surface area (Å²) in [4.78, 5) is 24.0. The summed E-state index contributed by atoms with van der Waals surface area (Å²) in [5, 5.41) is 16.4. The zero-order valence-corrected chi connectivity index (χ0v) is 13.3. The highest BCUT2D eigenvalue weighted by Gasteiger charge is 2.41. The van der Waals surface area contributed by atoms with Crippen LogP contribution >= 0.6 is 11.8 Å². The Morgan fingerprint density at radius 2 is 1.91 bits per heavy atom. The van der Waals surface area contributed by atoms with Crippen LogP contribution in [0.25, 0.3) is 5.69 Å². The number of amides is 1. The average Bonchev–Trinajstić information content (AvgIpc) is 3.10. The van der Waals surface area contributed by atoms with Gasteiger partial charge in [0.25, 0.3) is 5.91 Å². The van der Waals surface area contributed by atoms with Gasteiger partial charge in [0, 0.05) is 18.0 Å². The summed E-state index contributed by atoms with van der Waals surface area (Å²) in [5.41, 5.74) is 0.136. The topological polar surface area (TPSA) is 84.2 Å². The standard InChI is InChI=1S/C16H17N3O3S/c20-14(18-16(15(21)22)6-10-23-11-7-16)12-2-4-13(5-3-12)19-9-1-8-17-19/h1-5,8-9H,6-7,10-11H2,(H,18,20)(H,21,22). The third-order valence-electron chi connectivity index (χ3n) is 4.01. The van der Waals surface area contributed by atoms with Crippen molar-refractivity contribution in [3.8, 4) is 5.69 Å². The number of benzene rings is 1. The van der Waals surface area contributed by atoms with Crippen LogP contribution in [0.15, 0.2) is 42.7 Å². The smallest absolute Gasteiger partial charge is 0.329 e. The zero-order chi connectivity index (χ0) is 16.3. The second-order valence-corrected chi connectivity index (χ2v) is 6.68. The maximum Gasteiger partial charge on any atom is 0.329 e. The van der Waals surface area contributed by atoms with E-state index in [1.165, 1.54) is 0 Å². The molecule has 2 aromatic rings. The predicted molar refractivity (Wildman–Crippen MR) is 88.0 cm³/mol. The van der Waals surface area contributed by atoms with Crippen molar-refractivity contribution in [1.82, 2.24) is 15.1 Å². The molecule has 23 heavy (non-hydrogen) atoms. The summed E-state index contributed by atoms with van der Waals surface area (Å²) in [6.45, 7) is 0. The lowest BCUT2D eigenvalue weighted by molar-refractivity contribution is -0.144. The van der Waals surface area contributed by atoms with Crippen molar-refractivity contribution in [3.63, 3.8) is 0 Å². The van der Waals surface area contributed by atoms with E-state index in [-0.39, 0.29) is 5.91 Å². The average molecular weight is 331 g/mol. The fourth-order valence-electron chi connectivity index (χ4n) is 2.59. The van der Waals surface area contributed by atoms with E-state index in [2.05, 4.69) is 10.4 Å². The number of nitrogens with zero attached hydrogens (tertiary/aromatic N) is 2. The van der Waals surface area contributed by atoms with E-state index in [9.17, 15) is 14.7 Å². The fraction of sp³-hybridized carbons (Fsp3) is 0.312. The minimum atomic E-state index is -1.15. The van der Waals surface area contributed by atoms with Crippen molar-refractivity contribution < 1.29 is 14.7 Å². The first kappa shape index (κ1) is 15.6. The maximum absolute atomic E-state index is 12.4. The lowest BCUT2D eigenvalue weighted by Crippen LogP contribution is -2.56. The summed E-state index contributed by atoms with van der Waals surface area (Å²) in [6.07, 6.45) is 4.39. The molecule has 3 rings (SSSR count). The molecule has 0 spiro atoms. The third-order valence-corrected chi connectivity index (χ3v) is 4.99. The van der Waals surface area contributed by atoms with Crippen LogP contribution in [-0.4, -0.2) is 43.8 Å². The van der Waals surface area contributed by atoms with Crippen molar-refractivity contribution in [2.24, 2.45) is 0 Å². The molecule has 1 aliphatic rings. The molecule has 1 saturated heterocycles. The van der Waals surface area contributed by atoms with Gasteiger partial charge >= 0.3 is 5.97 Å². The molecular formula is C16H17N3O3S. The van der Waals surface area contributed by atoms with E-state index >= 15 is 0 Å². The van der Waals surface area contributed by atoms with Crippen molar-refractivity contribution in [2.45, 2.75) is 18.4 Å². The molecule has 1 amide bonds. The Hall–Kier alpha value is -2.28. The molecule has 1 aliphatic heterocycles. The number of rotatable bonds is 4. The quantitative estimate of drug-likeness (QED) is 0.894. The fourth-order valence-corrected chi connectivity index (χ4v) is 3.78. The van der Waals surface area contributed by atoms with Gasteiger partial charge < -0.3 is 10.4 Å². The number of hydrogen-bond donors (Lipinski definition) is 2. The molecule has 2 heterocycles. The zero-order valence-electron chi connectivity index (χ0n) is 12.4. The Labute approximate surface area is 137 Å². The molecule has 0 aliphatic carbocycles. The summed E-state index contributed by atoms with van der Waals surface area (Å²) in [6, 6.07) is 8.75. The Kier molecular flexibility index (Phi) is 4.38. The van der Waals surface area contributed by atoms with Crippen molar-refractivity contribution in [1.29, 1.82) is 0 Å². The summed E-state index contributed by atoms with van der Waals surface area (Å²) in [7, 11) is 0. The summed E-state index contributed by atoms with van der Waals surface area (Å²) < 4.78 is 1.69. The largest absolute Gasteiger partial charge is 0.480 e. The van der Waals surface area contributed by atoms with E-state index in [4.69, 9.17) is 0 Å². The minimum absolute atomic E-state index is 0.355. The lowest BCUT2D eigenvalue weighted by atomic mass is 9.92. The van der Waals surface area contributed by atoms with Crippen LogP contribution in [0.4, 0.5) is 0 Å². The molecule has 2 N–H and O–H groups in total. The van der Waals surface area contributed by atoms with Gasteiger partial charge in [0.1, 0.15) is 5.54 Å². The molecule has 120 valence electrons. The highest BCUT2D eigenvalue weighted by Crippen LogP contribution is 2.27. The Morgan fingerprint density at radius 1 is 1.22 bits per heavy atom. The van der Waals surface area contributed by atoms with E-state index in [1.807, 2.05) is 12.3 Å². The molecular weight excluding hydrogens is 314 g/mol. The van der Waals surface area contributed by atoms with E-state index in [0.29, 0.717) is 18.4 Å². The van der Waals surface area contributed by atoms with Crippen LogP contribution in [0, 0.1) is 0 Å². The number of thioether (sulfide) groups is 1. The van der Waals surface area contributed by atoms with Crippen LogP contribution < -0.4 is 5.32 Å². The van der Waals surface area contributed by atoms with E-state index in [1.54, 1.807) is 46.9 Å². The van der Waals surface area contributed by atoms with Gasteiger partial charge in [0.05, 0.1) is 5.69 Å². The number of aromatic nitrogens is 2. The molecule has 7 heteroatoms. The highest BCUT2D eigenvalue weighted by molar-refractivity contribution is 7.99. The SMILES string of the molecule is O=C(NC1(C(=O)O)CCSCC1)c1ccc(-n2cccn2)cc1. The Balaban J connectivity index is 1.76. The maximum atomic E-state index is 12.4. The lowest BCUT2D eigenvalue weighted by Gasteiger charge is -2.33. The van der Waals surface area contributed by atoms with Crippen LogP contribution in [0.2, 0.25) is 0 Å². The Bertz CT molecular complexity index is 692. The molecule has 6 nitrogen and oxygen atoms in total. The molecule has 0 saturated carbocycles. The van der Waals surface area contributed by atoms with Gasteiger partial charge in [-0.25, -0.2) is 9.48 Å². The van der Waals surface area contributed by atoms with Crippen LogP contribution in [-0.2, 0) is 4.79 Å². The van der Waals surface area contributed by atoms with Crippen LogP contribution in [0.3, 0.4) is 0 Å². The molecule has 0 atom stereocenters. The first-order valence-corrected chi connectivity index (χ1v) is 8.50. The van der Waals surface area contributed by atoms with Crippen molar-refractivity contribution >= 4 is 23.6 Å². The van der Waals surface area contributed by atoms with Crippen molar-refractivity contribution in [2.75, 3.05) is 11.5 Å². The van der Waals surface area contributed by atoms with Gasteiger partial charge in [-0.3, -0.25) is 4.79 Å². The first-order chi connectivity index (χ1) is 11.1. The minimum Gasteiger partial charge on any atom is -0.480 e. The second-order valence-electron chi connectivity index (χ2n) is 5.45. The number of carboxylic acids is 1. The van der Waals surface area contributed by atoms with Gasteiger partial charge in [0.2, 0.25) is 0 Å². The molecule has 1 aromatic carbocycles. The molecule has 0 radical (unpaired) electrons. The van der Waals surface area contributed by atoms with Crippen LogP contribution in [0.1, 0.15) is 23.2 Å². The van der Waals surface area contributed by atoms with E-state index in [0.717, 1.165) is 17.2 Å². The number of nitrogens with one attached hydrogen (secondary N) is 1. The molecule has 1 fully saturated rings. The number of carboxylic acid groups (broad SMARTS) is 1. The predicted octanol–water partition coefficient (Wildman–Crippen LogP) is 1.95. The normalized spacial score (nSPS) is 16.7. The van der Waals surface area contributed by atoms with Crippen LogP contribution in [0.5, 0.6) is 0 Å². The van der Waals surface area contributed by atoms with Gasteiger partial charge in [-0.1, -0.05) is 0 Å². The third kappa shape index (κ3) is 3.24. The molecule has 1 aromatic heterocycles. The van der Waals surface area contributed by atoms with Gasteiger partial charge in [-0.05, 0) is 54.7 Å². The first-order valence-electron chi connectivity index (χ1n) is 7.34. The van der Waals surface area contributed by atoms with Gasteiger partial charge in [0.15, 0.2) is 0 Å². The number of hydrogen-bond acceptors (Lipinski definition) is 4. The molecule has 0 unspecified atom stereocenters.